The van der Waals surface area contributed by atoms with Crippen molar-refractivity contribution in [3.05, 3.63) is 65.7 Å². The van der Waals surface area contributed by atoms with Crippen molar-refractivity contribution in [2.75, 3.05) is 12.8 Å². The Hall–Kier alpha value is -4.03. The molecule has 0 saturated heterocycles. The Morgan fingerprint density at radius 3 is 2.27 bits per heavy atom. The number of nitrogen functional groups attached to an aromatic ring is 1. The van der Waals surface area contributed by atoms with Crippen LogP contribution in [0.25, 0.3) is 11.1 Å². The van der Waals surface area contributed by atoms with E-state index in [1.165, 1.54) is 7.11 Å². The molecule has 1 heterocycles. The van der Waals surface area contributed by atoms with Crippen molar-refractivity contribution < 1.29 is 9.47 Å². The number of para-hydroxylation sites is 1. The fourth-order valence-corrected chi connectivity index (χ4v) is 2.57. The lowest BCUT2D eigenvalue weighted by atomic mass is 9.96. The molecule has 0 aliphatic heterocycles. The first-order valence-electron chi connectivity index (χ1n) is 7.69. The summed E-state index contributed by atoms with van der Waals surface area (Å²) in [6.07, 6.45) is 0. The summed E-state index contributed by atoms with van der Waals surface area (Å²) < 4.78 is 11.0. The van der Waals surface area contributed by atoms with Gasteiger partial charge in [0.25, 0.3) is 0 Å². The fraction of sp³-hybridized carbons (Fsp3) is 0.0500. The first-order valence-corrected chi connectivity index (χ1v) is 7.69. The van der Waals surface area contributed by atoms with Gasteiger partial charge in [-0.2, -0.15) is 15.5 Å². The van der Waals surface area contributed by atoms with Gasteiger partial charge in [-0.25, -0.2) is 0 Å². The SMILES string of the molecule is COc1nc(N)c(C#N)c(-c2cccc(Oc3ccccc3)c2)c1C#N. The molecular weight excluding hydrogens is 328 g/mol. The Labute approximate surface area is 150 Å². The second-order valence-corrected chi connectivity index (χ2v) is 5.30. The molecule has 0 amide bonds. The minimum atomic E-state index is 0.00716. The summed E-state index contributed by atoms with van der Waals surface area (Å²) in [5.74, 6) is 1.33. The van der Waals surface area contributed by atoms with Gasteiger partial charge in [0, 0.05) is 5.56 Å². The van der Waals surface area contributed by atoms with Crippen LogP contribution in [0.1, 0.15) is 11.1 Å². The van der Waals surface area contributed by atoms with E-state index in [0.717, 1.165) is 0 Å². The van der Waals surface area contributed by atoms with Crippen LogP contribution in [0, 0.1) is 22.7 Å². The van der Waals surface area contributed by atoms with Crippen LogP contribution in [0.5, 0.6) is 17.4 Å². The number of nitriles is 2. The predicted molar refractivity (Wildman–Crippen MR) is 96.6 cm³/mol. The highest BCUT2D eigenvalue weighted by atomic mass is 16.5. The van der Waals surface area contributed by atoms with Crippen LogP contribution in [0.2, 0.25) is 0 Å². The number of nitrogens with zero attached hydrogens (tertiary/aromatic N) is 3. The van der Waals surface area contributed by atoms with Crippen LogP contribution in [-0.4, -0.2) is 12.1 Å². The van der Waals surface area contributed by atoms with Crippen molar-refractivity contribution in [3.8, 4) is 40.6 Å². The number of hydrogen-bond donors (Lipinski definition) is 1. The molecule has 6 nitrogen and oxygen atoms in total. The molecule has 0 spiro atoms. The molecule has 0 radical (unpaired) electrons. The Balaban J connectivity index is 2.15. The molecule has 3 aromatic rings. The summed E-state index contributed by atoms with van der Waals surface area (Å²) in [6, 6.07) is 20.5. The van der Waals surface area contributed by atoms with Crippen molar-refractivity contribution in [2.45, 2.75) is 0 Å². The number of methoxy groups -OCH3 is 1. The lowest BCUT2D eigenvalue weighted by Gasteiger charge is -2.13. The lowest BCUT2D eigenvalue weighted by Crippen LogP contribution is -2.04. The fourth-order valence-electron chi connectivity index (χ4n) is 2.57. The highest BCUT2D eigenvalue weighted by Gasteiger charge is 2.21. The summed E-state index contributed by atoms with van der Waals surface area (Å²) in [5.41, 5.74) is 7.13. The largest absolute Gasteiger partial charge is 0.480 e. The quantitative estimate of drug-likeness (QED) is 0.771. The summed E-state index contributed by atoms with van der Waals surface area (Å²) in [5, 5.41) is 19.1. The molecule has 2 aromatic carbocycles. The van der Waals surface area contributed by atoms with Crippen molar-refractivity contribution in [2.24, 2.45) is 0 Å². The van der Waals surface area contributed by atoms with Gasteiger partial charge in [0.1, 0.15) is 40.6 Å². The van der Waals surface area contributed by atoms with Crippen molar-refractivity contribution in [1.29, 1.82) is 10.5 Å². The maximum Gasteiger partial charge on any atom is 0.234 e. The molecule has 0 saturated carbocycles. The third-order valence-electron chi connectivity index (χ3n) is 3.71. The first-order chi connectivity index (χ1) is 12.7. The Kier molecular flexibility index (Phi) is 4.69. The number of anilines is 1. The molecule has 26 heavy (non-hydrogen) atoms. The Morgan fingerprint density at radius 2 is 1.62 bits per heavy atom. The van der Waals surface area contributed by atoms with Crippen LogP contribution < -0.4 is 15.2 Å². The minimum Gasteiger partial charge on any atom is -0.480 e. The minimum absolute atomic E-state index is 0.00716. The third kappa shape index (κ3) is 3.12. The van der Waals surface area contributed by atoms with E-state index in [2.05, 4.69) is 4.98 Å². The monoisotopic (exact) mass is 342 g/mol. The first kappa shape index (κ1) is 16.8. The molecule has 2 N–H and O–H groups in total. The van der Waals surface area contributed by atoms with Crippen molar-refractivity contribution in [1.82, 2.24) is 4.98 Å². The number of rotatable bonds is 4. The zero-order valence-corrected chi connectivity index (χ0v) is 13.9. The van der Waals surface area contributed by atoms with Crippen LogP contribution in [0.3, 0.4) is 0 Å². The molecule has 126 valence electrons. The number of pyridine rings is 1. The van der Waals surface area contributed by atoms with Crippen LogP contribution in [0.15, 0.2) is 54.6 Å². The summed E-state index contributed by atoms with van der Waals surface area (Å²) in [4.78, 5) is 3.99. The second-order valence-electron chi connectivity index (χ2n) is 5.30. The normalized spacial score (nSPS) is 9.81. The van der Waals surface area contributed by atoms with E-state index >= 15 is 0 Å². The number of benzene rings is 2. The van der Waals surface area contributed by atoms with Gasteiger partial charge in [-0.15, -0.1) is 0 Å². The maximum atomic E-state index is 9.56. The van der Waals surface area contributed by atoms with Gasteiger partial charge >= 0.3 is 0 Å². The second kappa shape index (κ2) is 7.25. The average Bonchev–Trinajstić information content (AvgIpc) is 2.68. The Bertz CT molecular complexity index is 1030. The molecule has 0 aliphatic rings. The molecule has 0 unspecified atom stereocenters. The van der Waals surface area contributed by atoms with Crippen LogP contribution in [0.4, 0.5) is 5.82 Å². The van der Waals surface area contributed by atoms with Crippen LogP contribution in [-0.2, 0) is 0 Å². The van der Waals surface area contributed by atoms with Crippen molar-refractivity contribution in [3.63, 3.8) is 0 Å². The standard InChI is InChI=1S/C20H14N4O2/c1-25-20-17(12-22)18(16(11-21)19(23)24-20)13-6-5-9-15(10-13)26-14-7-3-2-4-8-14/h2-10H,1H3,(H2,23,24). The maximum absolute atomic E-state index is 9.56. The zero-order chi connectivity index (χ0) is 18.5. The number of hydrogen-bond acceptors (Lipinski definition) is 6. The molecule has 0 bridgehead atoms. The van der Waals surface area contributed by atoms with E-state index < -0.39 is 0 Å². The molecule has 3 rings (SSSR count). The molecule has 0 atom stereocenters. The van der Waals surface area contributed by atoms with Gasteiger partial charge in [0.15, 0.2) is 0 Å². The van der Waals surface area contributed by atoms with Gasteiger partial charge in [-0.05, 0) is 29.8 Å². The Morgan fingerprint density at radius 1 is 0.923 bits per heavy atom. The number of ether oxygens (including phenoxy) is 2. The van der Waals surface area contributed by atoms with E-state index in [0.29, 0.717) is 22.6 Å². The number of aromatic nitrogens is 1. The zero-order valence-electron chi connectivity index (χ0n) is 13.9. The van der Waals surface area contributed by atoms with E-state index in [1.807, 2.05) is 42.5 Å². The van der Waals surface area contributed by atoms with Gasteiger partial charge in [-0.3, -0.25) is 0 Å². The van der Waals surface area contributed by atoms with E-state index in [-0.39, 0.29) is 22.8 Å². The highest BCUT2D eigenvalue weighted by Crippen LogP contribution is 2.36. The topological polar surface area (TPSA) is 105 Å². The van der Waals surface area contributed by atoms with Crippen LogP contribution >= 0.6 is 0 Å². The average molecular weight is 342 g/mol. The van der Waals surface area contributed by atoms with Gasteiger partial charge in [-0.1, -0.05) is 30.3 Å². The van der Waals surface area contributed by atoms with E-state index in [4.69, 9.17) is 15.2 Å². The lowest BCUT2D eigenvalue weighted by molar-refractivity contribution is 0.397. The molecule has 0 fully saturated rings. The molecule has 6 heteroatoms. The number of nitrogens with two attached hydrogens (primary N) is 1. The smallest absolute Gasteiger partial charge is 0.234 e. The van der Waals surface area contributed by atoms with Gasteiger partial charge < -0.3 is 15.2 Å². The van der Waals surface area contributed by atoms with E-state index in [9.17, 15) is 10.5 Å². The van der Waals surface area contributed by atoms with Gasteiger partial charge in [0.05, 0.1) is 7.11 Å². The highest BCUT2D eigenvalue weighted by molar-refractivity contribution is 5.82. The summed E-state index contributed by atoms with van der Waals surface area (Å²) >= 11 is 0. The van der Waals surface area contributed by atoms with Crippen molar-refractivity contribution >= 4 is 5.82 Å². The summed E-state index contributed by atoms with van der Waals surface area (Å²) in [7, 11) is 1.40. The molecule has 0 aliphatic carbocycles. The molecular formula is C20H14N4O2. The summed E-state index contributed by atoms with van der Waals surface area (Å²) in [6.45, 7) is 0. The molecule has 1 aromatic heterocycles. The third-order valence-corrected chi connectivity index (χ3v) is 3.71. The van der Waals surface area contributed by atoms with E-state index in [1.54, 1.807) is 24.3 Å². The van der Waals surface area contributed by atoms with Gasteiger partial charge in [0.2, 0.25) is 5.88 Å². The predicted octanol–water partition coefficient (Wildman–Crippen LogP) is 3.88.